The van der Waals surface area contributed by atoms with E-state index in [2.05, 4.69) is 39.5 Å². The van der Waals surface area contributed by atoms with Gasteiger partial charge in [0.2, 0.25) is 0 Å². The molecule has 0 radical (unpaired) electrons. The summed E-state index contributed by atoms with van der Waals surface area (Å²) < 4.78 is 5.04. The van der Waals surface area contributed by atoms with Gasteiger partial charge in [-0.25, -0.2) is 0 Å². The predicted octanol–water partition coefficient (Wildman–Crippen LogP) is 4.58. The van der Waals surface area contributed by atoms with Crippen molar-refractivity contribution in [1.29, 1.82) is 0 Å². The molecule has 0 rings (SSSR count). The molecule has 0 saturated heterocycles. The lowest BCUT2D eigenvalue weighted by molar-refractivity contribution is -0.138. The van der Waals surface area contributed by atoms with Crippen LogP contribution in [0.4, 0.5) is 0 Å². The fourth-order valence-electron chi connectivity index (χ4n) is 1.61. The summed E-state index contributed by atoms with van der Waals surface area (Å²) in [4.78, 5) is 10.4. The maximum Gasteiger partial charge on any atom is 0.293 e. The van der Waals surface area contributed by atoms with Crippen molar-refractivity contribution in [3.63, 3.8) is 0 Å². The Morgan fingerprint density at radius 1 is 1.22 bits per heavy atom. The summed E-state index contributed by atoms with van der Waals surface area (Å²) >= 11 is 0. The van der Waals surface area contributed by atoms with Gasteiger partial charge in [-0.2, -0.15) is 0 Å². The molecule has 0 aromatic heterocycles. The SMILES string of the molecule is C=CC(C)(CC/C=C(/C)CCC=C(C)C)OC=O. The number of hydrogen-bond acceptors (Lipinski definition) is 2. The van der Waals surface area contributed by atoms with Crippen molar-refractivity contribution < 1.29 is 9.53 Å². The van der Waals surface area contributed by atoms with Crippen LogP contribution in [0.1, 0.15) is 53.4 Å². The molecule has 0 aromatic rings. The van der Waals surface area contributed by atoms with Crippen molar-refractivity contribution >= 4 is 6.47 Å². The minimum absolute atomic E-state index is 0.493. The fraction of sp³-hybridized carbons (Fsp3) is 0.562. The molecule has 1 atom stereocenters. The van der Waals surface area contributed by atoms with Crippen molar-refractivity contribution in [2.24, 2.45) is 0 Å². The third kappa shape index (κ3) is 7.88. The molecular formula is C16H26O2. The van der Waals surface area contributed by atoms with E-state index in [0.717, 1.165) is 25.7 Å². The number of allylic oxidation sites excluding steroid dienone is 4. The lowest BCUT2D eigenvalue weighted by Gasteiger charge is -2.22. The summed E-state index contributed by atoms with van der Waals surface area (Å²) in [5.41, 5.74) is 2.20. The molecular weight excluding hydrogens is 224 g/mol. The van der Waals surface area contributed by atoms with Crippen LogP contribution in [-0.4, -0.2) is 12.1 Å². The Hall–Kier alpha value is -1.31. The van der Waals surface area contributed by atoms with E-state index < -0.39 is 5.60 Å². The molecule has 0 N–H and O–H groups in total. The molecule has 102 valence electrons. The van der Waals surface area contributed by atoms with Gasteiger partial charge in [0.1, 0.15) is 5.60 Å². The summed E-state index contributed by atoms with van der Waals surface area (Å²) in [6.45, 7) is 12.5. The monoisotopic (exact) mass is 250 g/mol. The van der Waals surface area contributed by atoms with E-state index in [9.17, 15) is 4.79 Å². The van der Waals surface area contributed by atoms with E-state index in [0.29, 0.717) is 6.47 Å². The Kier molecular flexibility index (Phi) is 8.10. The molecule has 2 heteroatoms. The Bertz CT molecular complexity index is 322. The van der Waals surface area contributed by atoms with E-state index in [1.807, 2.05) is 6.92 Å². The average molecular weight is 250 g/mol. The minimum atomic E-state index is -0.543. The third-order valence-corrected chi connectivity index (χ3v) is 2.97. The standard InChI is InChI=1S/C16H26O2/c1-6-16(5,18-13-17)12-8-11-15(4)10-7-9-14(2)3/h6,9,11,13H,1,7-8,10,12H2,2-5H3/b15-11-. The zero-order valence-electron chi connectivity index (χ0n) is 12.2. The van der Waals surface area contributed by atoms with Crippen LogP contribution in [0.5, 0.6) is 0 Å². The van der Waals surface area contributed by atoms with E-state index in [-0.39, 0.29) is 0 Å². The molecule has 1 unspecified atom stereocenters. The second kappa shape index (κ2) is 8.73. The van der Waals surface area contributed by atoms with Gasteiger partial charge in [0.25, 0.3) is 6.47 Å². The molecule has 0 aliphatic heterocycles. The van der Waals surface area contributed by atoms with Crippen molar-refractivity contribution in [2.75, 3.05) is 0 Å². The first-order valence-corrected chi connectivity index (χ1v) is 6.47. The normalized spacial score (nSPS) is 14.6. The van der Waals surface area contributed by atoms with Gasteiger partial charge < -0.3 is 4.74 Å². The highest BCUT2D eigenvalue weighted by Gasteiger charge is 2.19. The number of rotatable bonds is 9. The summed E-state index contributed by atoms with van der Waals surface area (Å²) in [6, 6.07) is 0. The molecule has 0 aliphatic rings. The van der Waals surface area contributed by atoms with Crippen molar-refractivity contribution in [2.45, 2.75) is 59.0 Å². The average Bonchev–Trinajstić information content (AvgIpc) is 2.29. The van der Waals surface area contributed by atoms with Crippen LogP contribution in [-0.2, 0) is 9.53 Å². The predicted molar refractivity (Wildman–Crippen MR) is 77.4 cm³/mol. The van der Waals surface area contributed by atoms with Crippen LogP contribution < -0.4 is 0 Å². The molecule has 0 heterocycles. The maximum atomic E-state index is 10.4. The molecule has 0 fully saturated rings. The summed E-state index contributed by atoms with van der Waals surface area (Å²) in [5, 5.41) is 0. The lowest BCUT2D eigenvalue weighted by atomic mass is 9.98. The van der Waals surface area contributed by atoms with Crippen LogP contribution in [0.2, 0.25) is 0 Å². The molecule has 0 aliphatic carbocycles. The van der Waals surface area contributed by atoms with Gasteiger partial charge in [-0.3, -0.25) is 4.79 Å². The van der Waals surface area contributed by atoms with Crippen molar-refractivity contribution in [1.82, 2.24) is 0 Å². The van der Waals surface area contributed by atoms with Crippen molar-refractivity contribution in [3.05, 3.63) is 36.0 Å². The molecule has 0 aromatic carbocycles. The van der Waals surface area contributed by atoms with Gasteiger partial charge in [0, 0.05) is 0 Å². The highest BCUT2D eigenvalue weighted by atomic mass is 16.5. The van der Waals surface area contributed by atoms with Crippen LogP contribution >= 0.6 is 0 Å². The van der Waals surface area contributed by atoms with Gasteiger partial charge in [-0.1, -0.05) is 29.9 Å². The molecule has 0 amide bonds. The Morgan fingerprint density at radius 3 is 2.39 bits per heavy atom. The second-order valence-electron chi connectivity index (χ2n) is 5.14. The third-order valence-electron chi connectivity index (χ3n) is 2.97. The smallest absolute Gasteiger partial charge is 0.293 e. The van der Waals surface area contributed by atoms with Crippen LogP contribution in [0, 0.1) is 0 Å². The number of carbonyl (C=O) groups excluding carboxylic acids is 1. The quantitative estimate of drug-likeness (QED) is 0.442. The first-order chi connectivity index (χ1) is 8.43. The molecule has 18 heavy (non-hydrogen) atoms. The van der Waals surface area contributed by atoms with Gasteiger partial charge in [0.05, 0.1) is 0 Å². The first kappa shape index (κ1) is 16.7. The van der Waals surface area contributed by atoms with Gasteiger partial charge in [-0.15, -0.1) is 0 Å². The summed E-state index contributed by atoms with van der Waals surface area (Å²) in [5.74, 6) is 0. The second-order valence-corrected chi connectivity index (χ2v) is 5.14. The Morgan fingerprint density at radius 2 is 1.89 bits per heavy atom. The zero-order chi connectivity index (χ0) is 14.0. The topological polar surface area (TPSA) is 26.3 Å². The number of hydrogen-bond donors (Lipinski definition) is 0. The minimum Gasteiger partial charge on any atom is -0.457 e. The van der Waals surface area contributed by atoms with Gasteiger partial charge in [0.15, 0.2) is 0 Å². The first-order valence-electron chi connectivity index (χ1n) is 6.47. The molecule has 0 bridgehead atoms. The highest BCUT2D eigenvalue weighted by Crippen LogP contribution is 2.19. The molecule has 0 saturated carbocycles. The fourth-order valence-corrected chi connectivity index (χ4v) is 1.61. The zero-order valence-corrected chi connectivity index (χ0v) is 12.2. The van der Waals surface area contributed by atoms with Crippen molar-refractivity contribution in [3.8, 4) is 0 Å². The van der Waals surface area contributed by atoms with Crippen LogP contribution in [0.3, 0.4) is 0 Å². The van der Waals surface area contributed by atoms with E-state index in [1.165, 1.54) is 11.1 Å². The van der Waals surface area contributed by atoms with E-state index >= 15 is 0 Å². The van der Waals surface area contributed by atoms with E-state index in [4.69, 9.17) is 4.74 Å². The molecule has 2 nitrogen and oxygen atoms in total. The maximum absolute atomic E-state index is 10.4. The Balaban J connectivity index is 4.09. The Labute approximate surface area is 111 Å². The van der Waals surface area contributed by atoms with Gasteiger partial charge in [-0.05, 0) is 59.5 Å². The van der Waals surface area contributed by atoms with Crippen LogP contribution in [0.15, 0.2) is 36.0 Å². The summed E-state index contributed by atoms with van der Waals surface area (Å²) in [7, 11) is 0. The van der Waals surface area contributed by atoms with E-state index in [1.54, 1.807) is 6.08 Å². The van der Waals surface area contributed by atoms with Gasteiger partial charge >= 0.3 is 0 Å². The number of ether oxygens (including phenoxy) is 1. The summed E-state index contributed by atoms with van der Waals surface area (Å²) in [6.07, 6.45) is 10.0. The lowest BCUT2D eigenvalue weighted by Crippen LogP contribution is -2.24. The van der Waals surface area contributed by atoms with Crippen LogP contribution in [0.25, 0.3) is 0 Å². The largest absolute Gasteiger partial charge is 0.457 e. The molecule has 0 spiro atoms. The number of carbonyl (C=O) groups is 1. The highest BCUT2D eigenvalue weighted by molar-refractivity contribution is 5.39.